The molecule has 0 N–H and O–H groups in total. The van der Waals surface area contributed by atoms with E-state index in [-0.39, 0.29) is 15.8 Å². The van der Waals surface area contributed by atoms with Crippen molar-refractivity contribution in [3.05, 3.63) is 62.1 Å². The maximum Gasteiger partial charge on any atom is 0.312 e. The van der Waals surface area contributed by atoms with Gasteiger partial charge < -0.3 is 4.74 Å². The Bertz CT molecular complexity index is 736. The minimum atomic E-state index is -1.27. The molecule has 0 unspecified atom stereocenters. The monoisotopic (exact) mass is 357 g/mol. The maximum absolute atomic E-state index is 13.6. The molecule has 0 aliphatic carbocycles. The Kier molecular flexibility index (Phi) is 4.27. The van der Waals surface area contributed by atoms with Crippen molar-refractivity contribution < 1.29 is 23.2 Å². The third-order valence-electron chi connectivity index (χ3n) is 2.50. The van der Waals surface area contributed by atoms with E-state index in [9.17, 15) is 23.7 Å². The van der Waals surface area contributed by atoms with Gasteiger partial charge in [-0.3, -0.25) is 14.9 Å². The summed E-state index contributed by atoms with van der Waals surface area (Å²) in [7, 11) is 0. The molecule has 2 rings (SSSR count). The van der Waals surface area contributed by atoms with Gasteiger partial charge in [0.05, 0.1) is 4.92 Å². The number of carbonyl (C=O) groups is 1. The zero-order valence-electron chi connectivity index (χ0n) is 10.2. The Morgan fingerprint density at radius 1 is 1.19 bits per heavy atom. The molecule has 0 aliphatic rings. The van der Waals surface area contributed by atoms with Crippen molar-refractivity contribution in [3.63, 3.8) is 0 Å². The number of ether oxygens (including phenoxy) is 1. The molecule has 21 heavy (non-hydrogen) atoms. The second kappa shape index (κ2) is 5.96. The number of rotatable bonds is 4. The molecule has 0 aromatic heterocycles. The molecule has 108 valence electrons. The lowest BCUT2D eigenvalue weighted by atomic mass is 10.2. The summed E-state index contributed by atoms with van der Waals surface area (Å²) in [6.07, 6.45) is 0.427. The number of halogens is 3. The van der Waals surface area contributed by atoms with Crippen LogP contribution in [0.3, 0.4) is 0 Å². The predicted octanol–water partition coefficient (Wildman–Crippen LogP) is 4.24. The lowest BCUT2D eigenvalue weighted by Crippen LogP contribution is -1.97. The fourth-order valence-corrected chi connectivity index (χ4v) is 1.97. The standard InChI is InChI=1S/C13H6BrF2NO4/c14-8-4-9(15)13(16)12(5-8)21-11-2-1-7(6-18)3-10(11)17(19)20/h1-6H. The Morgan fingerprint density at radius 2 is 1.90 bits per heavy atom. The average Bonchev–Trinajstić information content (AvgIpc) is 2.44. The van der Waals surface area contributed by atoms with Gasteiger partial charge in [0, 0.05) is 16.1 Å². The van der Waals surface area contributed by atoms with Crippen LogP contribution in [0.15, 0.2) is 34.8 Å². The average molecular weight is 358 g/mol. The first-order valence-electron chi connectivity index (χ1n) is 5.48. The van der Waals surface area contributed by atoms with Crippen LogP contribution in [0.1, 0.15) is 10.4 Å². The van der Waals surface area contributed by atoms with E-state index >= 15 is 0 Å². The molecule has 0 aliphatic heterocycles. The molecular formula is C13H6BrF2NO4. The van der Waals surface area contributed by atoms with Gasteiger partial charge in [-0.2, -0.15) is 4.39 Å². The van der Waals surface area contributed by atoms with E-state index in [1.165, 1.54) is 6.07 Å². The van der Waals surface area contributed by atoms with Gasteiger partial charge >= 0.3 is 5.69 Å². The largest absolute Gasteiger partial charge is 0.447 e. The number of benzene rings is 2. The van der Waals surface area contributed by atoms with Gasteiger partial charge in [0.2, 0.25) is 11.6 Å². The summed E-state index contributed by atoms with van der Waals surface area (Å²) in [6.45, 7) is 0. The first-order chi connectivity index (χ1) is 9.92. The Balaban J connectivity index is 2.49. The van der Waals surface area contributed by atoms with Gasteiger partial charge in [0.25, 0.3) is 0 Å². The quantitative estimate of drug-likeness (QED) is 0.355. The van der Waals surface area contributed by atoms with E-state index in [0.29, 0.717) is 6.29 Å². The Labute approximate surface area is 125 Å². The van der Waals surface area contributed by atoms with E-state index in [4.69, 9.17) is 4.74 Å². The van der Waals surface area contributed by atoms with Crippen molar-refractivity contribution in [1.82, 2.24) is 0 Å². The second-order valence-corrected chi connectivity index (χ2v) is 4.82. The van der Waals surface area contributed by atoms with E-state index in [1.54, 1.807) is 0 Å². The van der Waals surface area contributed by atoms with E-state index in [0.717, 1.165) is 24.3 Å². The summed E-state index contributed by atoms with van der Waals surface area (Å²) in [4.78, 5) is 20.8. The predicted molar refractivity (Wildman–Crippen MR) is 72.6 cm³/mol. The molecule has 0 radical (unpaired) electrons. The zero-order valence-corrected chi connectivity index (χ0v) is 11.8. The van der Waals surface area contributed by atoms with Gasteiger partial charge in [-0.15, -0.1) is 0 Å². The summed E-state index contributed by atoms with van der Waals surface area (Å²) in [5.74, 6) is -3.25. The maximum atomic E-state index is 13.6. The summed E-state index contributed by atoms with van der Waals surface area (Å²) in [5.41, 5.74) is -0.464. The molecule has 0 heterocycles. The number of nitro benzene ring substituents is 1. The van der Waals surface area contributed by atoms with Gasteiger partial charge in [-0.1, -0.05) is 15.9 Å². The lowest BCUT2D eigenvalue weighted by Gasteiger charge is -2.08. The molecule has 2 aromatic rings. The van der Waals surface area contributed by atoms with Crippen LogP contribution in [0.5, 0.6) is 11.5 Å². The number of hydrogen-bond acceptors (Lipinski definition) is 4. The highest BCUT2D eigenvalue weighted by molar-refractivity contribution is 9.10. The van der Waals surface area contributed by atoms with Crippen LogP contribution in [0.4, 0.5) is 14.5 Å². The van der Waals surface area contributed by atoms with Crippen LogP contribution in [-0.2, 0) is 0 Å². The lowest BCUT2D eigenvalue weighted by molar-refractivity contribution is -0.385. The van der Waals surface area contributed by atoms with Crippen molar-refractivity contribution in [3.8, 4) is 11.5 Å². The topological polar surface area (TPSA) is 69.4 Å². The van der Waals surface area contributed by atoms with Crippen LogP contribution < -0.4 is 4.74 Å². The molecule has 0 saturated carbocycles. The second-order valence-electron chi connectivity index (χ2n) is 3.90. The summed E-state index contributed by atoms with van der Waals surface area (Å²) >= 11 is 2.96. The van der Waals surface area contributed by atoms with Crippen molar-refractivity contribution in [2.45, 2.75) is 0 Å². The number of nitro groups is 1. The Hall–Kier alpha value is -2.35. The third kappa shape index (κ3) is 3.22. The fraction of sp³-hybridized carbons (Fsp3) is 0. The molecule has 8 heteroatoms. The first kappa shape index (κ1) is 15.0. The highest BCUT2D eigenvalue weighted by atomic mass is 79.9. The highest BCUT2D eigenvalue weighted by Crippen LogP contribution is 2.35. The SMILES string of the molecule is O=Cc1ccc(Oc2cc(Br)cc(F)c2F)c([N+](=O)[O-])c1. The van der Waals surface area contributed by atoms with Crippen LogP contribution >= 0.6 is 15.9 Å². The van der Waals surface area contributed by atoms with Crippen LogP contribution in [0, 0.1) is 21.7 Å². The van der Waals surface area contributed by atoms with E-state index in [2.05, 4.69) is 15.9 Å². The molecule has 0 fully saturated rings. The van der Waals surface area contributed by atoms with Gasteiger partial charge in [0.1, 0.15) is 6.29 Å². The van der Waals surface area contributed by atoms with Crippen LogP contribution in [-0.4, -0.2) is 11.2 Å². The molecule has 0 atom stereocenters. The zero-order chi connectivity index (χ0) is 15.6. The van der Waals surface area contributed by atoms with Gasteiger partial charge in [0.15, 0.2) is 11.6 Å². The molecule has 0 spiro atoms. The van der Waals surface area contributed by atoms with Crippen molar-refractivity contribution in [2.75, 3.05) is 0 Å². The fourth-order valence-electron chi connectivity index (χ4n) is 1.56. The highest BCUT2D eigenvalue weighted by Gasteiger charge is 2.19. The number of nitrogens with zero attached hydrogens (tertiary/aromatic N) is 1. The van der Waals surface area contributed by atoms with E-state index in [1.807, 2.05) is 0 Å². The van der Waals surface area contributed by atoms with Crippen molar-refractivity contribution in [2.24, 2.45) is 0 Å². The van der Waals surface area contributed by atoms with E-state index < -0.39 is 28.0 Å². The molecule has 5 nitrogen and oxygen atoms in total. The first-order valence-corrected chi connectivity index (χ1v) is 6.27. The number of aldehydes is 1. The van der Waals surface area contributed by atoms with Crippen LogP contribution in [0.2, 0.25) is 0 Å². The molecule has 0 saturated heterocycles. The van der Waals surface area contributed by atoms with Gasteiger partial charge in [-0.05, 0) is 24.3 Å². The summed E-state index contributed by atoms with van der Waals surface area (Å²) in [5, 5.41) is 10.9. The molecule has 0 amide bonds. The summed E-state index contributed by atoms with van der Waals surface area (Å²) in [6, 6.07) is 5.41. The smallest absolute Gasteiger partial charge is 0.312 e. The number of hydrogen-bond donors (Lipinski definition) is 0. The molecule has 2 aromatic carbocycles. The molecular weight excluding hydrogens is 352 g/mol. The Morgan fingerprint density at radius 3 is 2.52 bits per heavy atom. The third-order valence-corrected chi connectivity index (χ3v) is 2.95. The molecule has 0 bridgehead atoms. The van der Waals surface area contributed by atoms with Crippen molar-refractivity contribution >= 4 is 27.9 Å². The normalized spacial score (nSPS) is 10.2. The van der Waals surface area contributed by atoms with Gasteiger partial charge in [-0.25, -0.2) is 4.39 Å². The van der Waals surface area contributed by atoms with Crippen molar-refractivity contribution in [1.29, 1.82) is 0 Å². The minimum Gasteiger partial charge on any atom is -0.447 e. The minimum absolute atomic E-state index is 0.0648. The number of carbonyl (C=O) groups excluding carboxylic acids is 1. The summed E-state index contributed by atoms with van der Waals surface area (Å²) < 4.78 is 32.1. The van der Waals surface area contributed by atoms with Crippen LogP contribution in [0.25, 0.3) is 0 Å².